The van der Waals surface area contributed by atoms with Gasteiger partial charge in [0, 0.05) is 12.6 Å². The highest BCUT2D eigenvalue weighted by Gasteiger charge is 2.27. The normalized spacial score (nSPS) is 12.4. The van der Waals surface area contributed by atoms with E-state index in [0.717, 1.165) is 0 Å². The first-order valence-electron chi connectivity index (χ1n) is 7.09. The minimum atomic E-state index is -3.48. The number of sulfonamides is 1. The fraction of sp³-hybridized carbons (Fsp3) is 0.600. The summed E-state index contributed by atoms with van der Waals surface area (Å²) >= 11 is 5.55. The van der Waals surface area contributed by atoms with Gasteiger partial charge in [0.1, 0.15) is 12.4 Å². The molecular weight excluding hydrogens is 310 g/mol. The number of rotatable bonds is 8. The van der Waals surface area contributed by atoms with Crippen molar-refractivity contribution in [3.8, 4) is 5.75 Å². The number of hydrogen-bond acceptors (Lipinski definition) is 3. The van der Waals surface area contributed by atoms with E-state index in [-0.39, 0.29) is 16.9 Å². The molecule has 0 saturated heterocycles. The first-order chi connectivity index (χ1) is 9.78. The zero-order chi connectivity index (χ0) is 16.0. The largest absolute Gasteiger partial charge is 0.492 e. The number of nitrogens with zero attached hydrogens (tertiary/aromatic N) is 1. The Labute approximate surface area is 133 Å². The quantitative estimate of drug-likeness (QED) is 0.685. The Hall–Kier alpha value is -0.780. The molecule has 21 heavy (non-hydrogen) atoms. The number of ether oxygens (including phenoxy) is 1. The van der Waals surface area contributed by atoms with Crippen LogP contribution in [0.25, 0.3) is 0 Å². The molecule has 0 N–H and O–H groups in total. The minimum Gasteiger partial charge on any atom is -0.492 e. The van der Waals surface area contributed by atoms with Crippen LogP contribution in [-0.4, -0.2) is 37.8 Å². The highest BCUT2D eigenvalue weighted by molar-refractivity contribution is 7.89. The molecule has 4 nitrogen and oxygen atoms in total. The van der Waals surface area contributed by atoms with Crippen LogP contribution in [0.2, 0.25) is 0 Å². The first kappa shape index (κ1) is 18.3. The molecule has 0 aliphatic carbocycles. The predicted octanol–water partition coefficient (Wildman–Crippen LogP) is 3.36. The van der Waals surface area contributed by atoms with Crippen molar-refractivity contribution in [2.45, 2.75) is 38.6 Å². The van der Waals surface area contributed by atoms with Gasteiger partial charge in [0.15, 0.2) is 0 Å². The lowest BCUT2D eigenvalue weighted by atomic mass is 10.2. The van der Waals surface area contributed by atoms with Gasteiger partial charge >= 0.3 is 0 Å². The second kappa shape index (κ2) is 8.01. The van der Waals surface area contributed by atoms with Crippen LogP contribution < -0.4 is 4.74 Å². The lowest BCUT2D eigenvalue weighted by molar-refractivity contribution is 0.318. The molecular formula is C15H24ClNO3S. The Bertz CT molecular complexity index is 526. The summed E-state index contributed by atoms with van der Waals surface area (Å²) in [4.78, 5) is 0.287. The van der Waals surface area contributed by atoms with Gasteiger partial charge in [-0.2, -0.15) is 4.31 Å². The molecule has 0 heterocycles. The smallest absolute Gasteiger partial charge is 0.243 e. The summed E-state index contributed by atoms with van der Waals surface area (Å²) in [5.41, 5.74) is 0. The van der Waals surface area contributed by atoms with E-state index in [0.29, 0.717) is 24.8 Å². The van der Waals surface area contributed by atoms with Crippen LogP contribution in [0.3, 0.4) is 0 Å². The van der Waals surface area contributed by atoms with Gasteiger partial charge in [-0.1, -0.05) is 13.8 Å². The van der Waals surface area contributed by atoms with Gasteiger partial charge in [0.2, 0.25) is 10.0 Å². The van der Waals surface area contributed by atoms with Gasteiger partial charge in [-0.15, -0.1) is 11.6 Å². The van der Waals surface area contributed by atoms with Gasteiger partial charge in [-0.3, -0.25) is 0 Å². The molecule has 0 radical (unpaired) electrons. The van der Waals surface area contributed by atoms with E-state index in [1.807, 2.05) is 27.7 Å². The van der Waals surface area contributed by atoms with E-state index in [1.165, 1.54) is 4.31 Å². The Kier molecular flexibility index (Phi) is 6.97. The van der Waals surface area contributed by atoms with E-state index in [2.05, 4.69) is 0 Å². The Morgan fingerprint density at radius 1 is 1.14 bits per heavy atom. The Morgan fingerprint density at radius 3 is 2.14 bits per heavy atom. The van der Waals surface area contributed by atoms with Crippen LogP contribution in [0.1, 0.15) is 27.7 Å². The molecule has 120 valence electrons. The molecule has 6 heteroatoms. The maximum absolute atomic E-state index is 12.7. The molecule has 0 fully saturated rings. The molecule has 1 aromatic carbocycles. The fourth-order valence-corrected chi connectivity index (χ4v) is 3.82. The van der Waals surface area contributed by atoms with E-state index in [4.69, 9.17) is 16.3 Å². The van der Waals surface area contributed by atoms with Crippen LogP contribution in [-0.2, 0) is 10.0 Å². The highest BCUT2D eigenvalue weighted by atomic mass is 35.5. The van der Waals surface area contributed by atoms with E-state index in [1.54, 1.807) is 24.3 Å². The SMILES string of the molecule is CC(C)CN(C(C)C)S(=O)(=O)c1ccc(OCCCl)cc1. The number of benzene rings is 1. The third-order valence-electron chi connectivity index (χ3n) is 2.90. The van der Waals surface area contributed by atoms with Gasteiger partial charge < -0.3 is 4.74 Å². The van der Waals surface area contributed by atoms with Crippen LogP contribution in [0, 0.1) is 5.92 Å². The molecule has 1 rings (SSSR count). The summed E-state index contributed by atoms with van der Waals surface area (Å²) < 4.78 is 32.3. The lowest BCUT2D eigenvalue weighted by Crippen LogP contribution is -2.39. The van der Waals surface area contributed by atoms with E-state index in [9.17, 15) is 8.42 Å². The average molecular weight is 334 g/mol. The zero-order valence-electron chi connectivity index (χ0n) is 13.0. The molecule has 0 spiro atoms. The molecule has 0 atom stereocenters. The summed E-state index contributed by atoms with van der Waals surface area (Å²) in [5.74, 6) is 1.29. The molecule has 0 amide bonds. The summed E-state index contributed by atoms with van der Waals surface area (Å²) in [6.45, 7) is 8.70. The Morgan fingerprint density at radius 2 is 1.71 bits per heavy atom. The number of halogens is 1. The van der Waals surface area contributed by atoms with Crippen LogP contribution >= 0.6 is 11.6 Å². The van der Waals surface area contributed by atoms with Crippen molar-refractivity contribution in [2.24, 2.45) is 5.92 Å². The van der Waals surface area contributed by atoms with Gasteiger partial charge in [0.05, 0.1) is 10.8 Å². The van der Waals surface area contributed by atoms with Crippen LogP contribution in [0.15, 0.2) is 29.2 Å². The van der Waals surface area contributed by atoms with Gasteiger partial charge in [-0.25, -0.2) is 8.42 Å². The predicted molar refractivity (Wildman–Crippen MR) is 86.5 cm³/mol. The number of hydrogen-bond donors (Lipinski definition) is 0. The van der Waals surface area contributed by atoms with Crippen molar-refractivity contribution in [1.29, 1.82) is 0 Å². The fourth-order valence-electron chi connectivity index (χ4n) is 1.95. The molecule has 1 aromatic rings. The third-order valence-corrected chi connectivity index (χ3v) is 5.11. The Balaban J connectivity index is 2.99. The summed E-state index contributed by atoms with van der Waals surface area (Å²) in [6, 6.07) is 6.40. The highest BCUT2D eigenvalue weighted by Crippen LogP contribution is 2.22. The summed E-state index contributed by atoms with van der Waals surface area (Å²) in [7, 11) is -3.48. The molecule has 0 aliphatic heterocycles. The van der Waals surface area contributed by atoms with Crippen molar-refractivity contribution < 1.29 is 13.2 Å². The monoisotopic (exact) mass is 333 g/mol. The summed E-state index contributed by atoms with van der Waals surface area (Å²) in [5, 5.41) is 0. The van der Waals surface area contributed by atoms with Crippen molar-refractivity contribution in [2.75, 3.05) is 19.0 Å². The maximum atomic E-state index is 12.7. The maximum Gasteiger partial charge on any atom is 0.243 e. The lowest BCUT2D eigenvalue weighted by Gasteiger charge is -2.27. The van der Waals surface area contributed by atoms with Crippen LogP contribution in [0.5, 0.6) is 5.75 Å². The molecule has 0 aliphatic rings. The number of alkyl halides is 1. The average Bonchev–Trinajstić information content (AvgIpc) is 2.42. The van der Waals surface area contributed by atoms with Crippen LogP contribution in [0.4, 0.5) is 0 Å². The van der Waals surface area contributed by atoms with Crippen molar-refractivity contribution in [3.05, 3.63) is 24.3 Å². The van der Waals surface area contributed by atoms with Crippen molar-refractivity contribution >= 4 is 21.6 Å². The van der Waals surface area contributed by atoms with Gasteiger partial charge in [0.25, 0.3) is 0 Å². The second-order valence-corrected chi connectivity index (χ2v) is 7.84. The van der Waals surface area contributed by atoms with Crippen molar-refractivity contribution in [3.63, 3.8) is 0 Å². The first-order valence-corrected chi connectivity index (χ1v) is 9.07. The topological polar surface area (TPSA) is 46.6 Å². The minimum absolute atomic E-state index is 0.0791. The standard InChI is InChI=1S/C15H24ClNO3S/c1-12(2)11-17(13(3)4)21(18,19)15-7-5-14(6-8-15)20-10-9-16/h5-8,12-13H,9-11H2,1-4H3. The molecule has 0 unspecified atom stereocenters. The second-order valence-electron chi connectivity index (χ2n) is 5.57. The van der Waals surface area contributed by atoms with Crippen molar-refractivity contribution in [1.82, 2.24) is 4.31 Å². The molecule has 0 bridgehead atoms. The molecule has 0 saturated carbocycles. The zero-order valence-corrected chi connectivity index (χ0v) is 14.6. The third kappa shape index (κ3) is 5.16. The summed E-state index contributed by atoms with van der Waals surface area (Å²) in [6.07, 6.45) is 0. The molecule has 0 aromatic heterocycles. The van der Waals surface area contributed by atoms with E-state index < -0.39 is 10.0 Å². The van der Waals surface area contributed by atoms with Gasteiger partial charge in [-0.05, 0) is 44.0 Å². The van der Waals surface area contributed by atoms with E-state index >= 15 is 0 Å².